The van der Waals surface area contributed by atoms with Gasteiger partial charge in [0.2, 0.25) is 15.9 Å². The van der Waals surface area contributed by atoms with Crippen LogP contribution in [0.15, 0.2) is 23.1 Å². The van der Waals surface area contributed by atoms with Gasteiger partial charge in [0.25, 0.3) is 0 Å². The second kappa shape index (κ2) is 5.45. The van der Waals surface area contributed by atoms with Gasteiger partial charge in [0.15, 0.2) is 4.90 Å². The topological polar surface area (TPSA) is 66.5 Å². The minimum absolute atomic E-state index is 0.0869. The largest absolute Gasteiger partial charge is 0.352 e. The molecule has 2 rings (SSSR count). The highest BCUT2D eigenvalue weighted by Gasteiger charge is 2.31. The standard InChI is InChI=1S/C12H14F2N2O3S/c1-16(7-11(17)15-8-5-6-8)20(18,19)12-9(13)3-2-4-10(12)14/h2-4,8H,5-7H2,1H3,(H,15,17). The first kappa shape index (κ1) is 14.9. The van der Waals surface area contributed by atoms with Gasteiger partial charge in [-0.2, -0.15) is 4.31 Å². The fourth-order valence-corrected chi connectivity index (χ4v) is 2.90. The first-order valence-electron chi connectivity index (χ1n) is 6.02. The quantitative estimate of drug-likeness (QED) is 0.877. The molecule has 1 aromatic carbocycles. The van der Waals surface area contributed by atoms with Crippen LogP contribution >= 0.6 is 0 Å². The molecule has 0 atom stereocenters. The zero-order valence-corrected chi connectivity index (χ0v) is 11.6. The normalized spacial score (nSPS) is 15.4. The van der Waals surface area contributed by atoms with E-state index in [0.29, 0.717) is 4.31 Å². The van der Waals surface area contributed by atoms with Crippen LogP contribution in [0.25, 0.3) is 0 Å². The van der Waals surface area contributed by atoms with E-state index in [9.17, 15) is 22.0 Å². The van der Waals surface area contributed by atoms with Gasteiger partial charge in [-0.15, -0.1) is 0 Å². The number of carbonyl (C=O) groups is 1. The first-order chi connectivity index (χ1) is 9.32. The van der Waals surface area contributed by atoms with Crippen molar-refractivity contribution in [2.45, 2.75) is 23.8 Å². The summed E-state index contributed by atoms with van der Waals surface area (Å²) < 4.78 is 51.8. The van der Waals surface area contributed by atoms with Crippen molar-refractivity contribution in [3.63, 3.8) is 0 Å². The van der Waals surface area contributed by atoms with Gasteiger partial charge in [-0.25, -0.2) is 17.2 Å². The summed E-state index contributed by atoms with van der Waals surface area (Å²) in [6.07, 6.45) is 1.73. The molecule has 1 amide bonds. The van der Waals surface area contributed by atoms with Gasteiger partial charge in [0.1, 0.15) is 11.6 Å². The van der Waals surface area contributed by atoms with Crippen molar-refractivity contribution in [3.05, 3.63) is 29.8 Å². The van der Waals surface area contributed by atoms with Gasteiger partial charge in [0, 0.05) is 13.1 Å². The summed E-state index contributed by atoms with van der Waals surface area (Å²) in [5.41, 5.74) is 0. The van der Waals surface area contributed by atoms with Gasteiger partial charge in [-0.1, -0.05) is 6.07 Å². The van der Waals surface area contributed by atoms with Crippen LogP contribution in [0.2, 0.25) is 0 Å². The number of hydrogen-bond acceptors (Lipinski definition) is 3. The molecule has 0 radical (unpaired) electrons. The Labute approximate surface area is 115 Å². The Hall–Kier alpha value is -1.54. The molecule has 0 heterocycles. The lowest BCUT2D eigenvalue weighted by Crippen LogP contribution is -2.39. The zero-order chi connectivity index (χ0) is 14.9. The molecule has 5 nitrogen and oxygen atoms in total. The van der Waals surface area contributed by atoms with E-state index >= 15 is 0 Å². The monoisotopic (exact) mass is 304 g/mol. The van der Waals surface area contributed by atoms with Gasteiger partial charge < -0.3 is 5.32 Å². The lowest BCUT2D eigenvalue weighted by molar-refractivity contribution is -0.121. The predicted molar refractivity (Wildman–Crippen MR) is 67.3 cm³/mol. The van der Waals surface area contributed by atoms with Gasteiger partial charge in [-0.3, -0.25) is 4.79 Å². The molecule has 110 valence electrons. The van der Waals surface area contributed by atoms with Crippen LogP contribution in [-0.2, 0) is 14.8 Å². The molecule has 8 heteroatoms. The lowest BCUT2D eigenvalue weighted by atomic mass is 10.3. The van der Waals surface area contributed by atoms with E-state index in [1.807, 2.05) is 0 Å². The molecular weight excluding hydrogens is 290 g/mol. The highest BCUT2D eigenvalue weighted by molar-refractivity contribution is 7.89. The third-order valence-electron chi connectivity index (χ3n) is 2.90. The number of carbonyl (C=O) groups excluding carboxylic acids is 1. The third-order valence-corrected chi connectivity index (χ3v) is 4.75. The summed E-state index contributed by atoms with van der Waals surface area (Å²) in [5, 5.41) is 2.61. The summed E-state index contributed by atoms with van der Waals surface area (Å²) in [7, 11) is -3.28. The molecule has 0 aromatic heterocycles. The molecule has 20 heavy (non-hydrogen) atoms. The van der Waals surface area contributed by atoms with Crippen LogP contribution in [0.5, 0.6) is 0 Å². The summed E-state index contributed by atoms with van der Waals surface area (Å²) >= 11 is 0. The fraction of sp³-hybridized carbons (Fsp3) is 0.417. The summed E-state index contributed by atoms with van der Waals surface area (Å²) in [6, 6.07) is 2.87. The average molecular weight is 304 g/mol. The number of nitrogens with one attached hydrogen (secondary N) is 1. The smallest absolute Gasteiger partial charge is 0.249 e. The van der Waals surface area contributed by atoms with E-state index in [-0.39, 0.29) is 6.04 Å². The first-order valence-corrected chi connectivity index (χ1v) is 7.46. The van der Waals surface area contributed by atoms with Crippen LogP contribution < -0.4 is 5.32 Å². The molecule has 0 saturated heterocycles. The molecule has 1 aliphatic carbocycles. The number of halogens is 2. The molecule has 0 spiro atoms. The molecule has 1 fully saturated rings. The number of sulfonamides is 1. The van der Waals surface area contributed by atoms with E-state index in [1.165, 1.54) is 0 Å². The molecule has 1 N–H and O–H groups in total. The van der Waals surface area contributed by atoms with Crippen LogP contribution in [0.4, 0.5) is 8.78 Å². The molecule has 1 saturated carbocycles. The Morgan fingerprint density at radius 3 is 2.40 bits per heavy atom. The number of nitrogens with zero attached hydrogens (tertiary/aromatic N) is 1. The second-order valence-corrected chi connectivity index (χ2v) is 6.64. The average Bonchev–Trinajstić information content (AvgIpc) is 3.11. The summed E-state index contributed by atoms with van der Waals surface area (Å²) in [5.74, 6) is -2.85. The maximum atomic E-state index is 13.5. The molecule has 0 aliphatic heterocycles. The highest BCUT2D eigenvalue weighted by Crippen LogP contribution is 2.22. The fourth-order valence-electron chi connectivity index (χ4n) is 1.67. The molecule has 1 aliphatic rings. The van der Waals surface area contributed by atoms with Crippen LogP contribution in [0, 0.1) is 11.6 Å². The van der Waals surface area contributed by atoms with Crippen molar-refractivity contribution < 1.29 is 22.0 Å². The Bertz CT molecular complexity index is 609. The van der Waals surface area contributed by atoms with Crippen LogP contribution in [0.3, 0.4) is 0 Å². The minimum Gasteiger partial charge on any atom is -0.352 e. The summed E-state index contributed by atoms with van der Waals surface area (Å²) in [6.45, 7) is -0.480. The second-order valence-electron chi connectivity index (χ2n) is 4.65. The molecule has 0 bridgehead atoms. The van der Waals surface area contributed by atoms with E-state index in [0.717, 1.165) is 38.1 Å². The van der Waals surface area contributed by atoms with Crippen molar-refractivity contribution >= 4 is 15.9 Å². The maximum Gasteiger partial charge on any atom is 0.249 e. The van der Waals surface area contributed by atoms with E-state index in [1.54, 1.807) is 0 Å². The van der Waals surface area contributed by atoms with Gasteiger partial charge >= 0.3 is 0 Å². The van der Waals surface area contributed by atoms with Crippen molar-refractivity contribution in [1.82, 2.24) is 9.62 Å². The third kappa shape index (κ3) is 3.13. The number of rotatable bonds is 5. The SMILES string of the molecule is CN(CC(=O)NC1CC1)S(=O)(=O)c1c(F)cccc1F. The van der Waals surface area contributed by atoms with Gasteiger partial charge in [-0.05, 0) is 25.0 Å². The maximum absolute atomic E-state index is 13.5. The van der Waals surface area contributed by atoms with E-state index in [4.69, 9.17) is 0 Å². The number of amides is 1. The van der Waals surface area contributed by atoms with Crippen LogP contribution in [-0.4, -0.2) is 38.3 Å². The molecule has 0 unspecified atom stereocenters. The van der Waals surface area contributed by atoms with E-state index in [2.05, 4.69) is 5.32 Å². The molecule has 1 aromatic rings. The summed E-state index contributed by atoms with van der Waals surface area (Å²) in [4.78, 5) is 10.5. The van der Waals surface area contributed by atoms with Crippen molar-refractivity contribution in [2.24, 2.45) is 0 Å². The van der Waals surface area contributed by atoms with Crippen LogP contribution in [0.1, 0.15) is 12.8 Å². The van der Waals surface area contributed by atoms with Crippen molar-refractivity contribution in [3.8, 4) is 0 Å². The number of benzene rings is 1. The highest BCUT2D eigenvalue weighted by atomic mass is 32.2. The van der Waals surface area contributed by atoms with Crippen molar-refractivity contribution in [2.75, 3.05) is 13.6 Å². The number of likely N-dealkylation sites (N-methyl/N-ethyl adjacent to an activating group) is 1. The minimum atomic E-state index is -4.39. The Morgan fingerprint density at radius 2 is 1.90 bits per heavy atom. The zero-order valence-electron chi connectivity index (χ0n) is 10.8. The van der Waals surface area contributed by atoms with Gasteiger partial charge in [0.05, 0.1) is 6.54 Å². The Kier molecular flexibility index (Phi) is 4.05. The lowest BCUT2D eigenvalue weighted by Gasteiger charge is -2.17. The Balaban J connectivity index is 2.18. The van der Waals surface area contributed by atoms with Crippen molar-refractivity contribution in [1.29, 1.82) is 0 Å². The van der Waals surface area contributed by atoms with E-state index < -0.39 is 39.0 Å². The Morgan fingerprint density at radius 1 is 1.35 bits per heavy atom. The number of hydrogen-bond donors (Lipinski definition) is 1. The predicted octanol–water partition coefficient (Wildman–Crippen LogP) is 0.864. The molecular formula is C12H14F2N2O3S.